The maximum absolute atomic E-state index is 11.5. The van der Waals surface area contributed by atoms with Crippen LogP contribution in [-0.2, 0) is 22.8 Å². The summed E-state index contributed by atoms with van der Waals surface area (Å²) in [5, 5.41) is 4.16. The lowest BCUT2D eigenvalue weighted by molar-refractivity contribution is 0.483. The molecule has 1 unspecified atom stereocenters. The number of rotatable bonds is 4. The van der Waals surface area contributed by atoms with Crippen LogP contribution in [0.3, 0.4) is 0 Å². The fraction of sp³-hybridized carbons (Fsp3) is 0.727. The minimum absolute atomic E-state index is 0.266. The summed E-state index contributed by atoms with van der Waals surface area (Å²) in [6, 6.07) is 0. The SMILES string of the molecule is CNCc1cnc(CC2CCCS(=O)(=O)C2)s1. The van der Waals surface area contributed by atoms with Gasteiger partial charge in [-0.25, -0.2) is 13.4 Å². The zero-order valence-electron chi connectivity index (χ0n) is 9.98. The van der Waals surface area contributed by atoms with Gasteiger partial charge in [-0.3, -0.25) is 0 Å². The number of nitrogens with one attached hydrogen (secondary N) is 1. The molecule has 0 radical (unpaired) electrons. The lowest BCUT2D eigenvalue weighted by Gasteiger charge is -2.20. The number of hydrogen-bond donors (Lipinski definition) is 1. The molecule has 4 nitrogen and oxygen atoms in total. The second-order valence-electron chi connectivity index (χ2n) is 4.58. The van der Waals surface area contributed by atoms with Crippen molar-refractivity contribution in [3.8, 4) is 0 Å². The van der Waals surface area contributed by atoms with Gasteiger partial charge in [0.25, 0.3) is 0 Å². The van der Waals surface area contributed by atoms with Crippen molar-refractivity contribution >= 4 is 21.2 Å². The largest absolute Gasteiger partial charge is 0.315 e. The van der Waals surface area contributed by atoms with E-state index in [0.29, 0.717) is 11.5 Å². The molecule has 17 heavy (non-hydrogen) atoms. The minimum Gasteiger partial charge on any atom is -0.315 e. The Morgan fingerprint density at radius 2 is 2.41 bits per heavy atom. The summed E-state index contributed by atoms with van der Waals surface area (Å²) < 4.78 is 23.1. The van der Waals surface area contributed by atoms with Crippen LogP contribution in [0.1, 0.15) is 22.7 Å². The standard InChI is InChI=1S/C11H18N2O2S2/c1-12-6-10-7-13-11(16-10)5-9-3-2-4-17(14,15)8-9/h7,9,12H,2-6,8H2,1H3. The monoisotopic (exact) mass is 274 g/mol. The number of sulfone groups is 1. The summed E-state index contributed by atoms with van der Waals surface area (Å²) in [6.07, 6.45) is 4.52. The van der Waals surface area contributed by atoms with Gasteiger partial charge in [0.2, 0.25) is 0 Å². The van der Waals surface area contributed by atoms with Crippen LogP contribution in [-0.4, -0.2) is 32.0 Å². The Morgan fingerprint density at radius 1 is 1.59 bits per heavy atom. The first-order valence-corrected chi connectivity index (χ1v) is 8.51. The van der Waals surface area contributed by atoms with Gasteiger partial charge in [0.1, 0.15) is 0 Å². The maximum atomic E-state index is 11.5. The molecule has 0 saturated carbocycles. The topological polar surface area (TPSA) is 59.1 Å². The van der Waals surface area contributed by atoms with Crippen molar-refractivity contribution in [3.63, 3.8) is 0 Å². The molecule has 1 aliphatic heterocycles. The zero-order valence-corrected chi connectivity index (χ0v) is 11.6. The van der Waals surface area contributed by atoms with E-state index in [1.807, 2.05) is 13.2 Å². The Labute approximate surface area is 106 Å². The highest BCUT2D eigenvalue weighted by Crippen LogP contribution is 2.24. The number of thiazole rings is 1. The molecule has 1 aromatic rings. The van der Waals surface area contributed by atoms with Gasteiger partial charge in [-0.2, -0.15) is 0 Å². The van der Waals surface area contributed by atoms with Crippen LogP contribution in [0, 0.1) is 5.92 Å². The van der Waals surface area contributed by atoms with Crippen molar-refractivity contribution in [1.29, 1.82) is 0 Å². The van der Waals surface area contributed by atoms with Crippen LogP contribution in [0.15, 0.2) is 6.20 Å². The minimum atomic E-state index is -2.79. The van der Waals surface area contributed by atoms with Gasteiger partial charge in [0, 0.05) is 24.0 Å². The smallest absolute Gasteiger partial charge is 0.150 e. The van der Waals surface area contributed by atoms with Gasteiger partial charge in [-0.1, -0.05) is 0 Å². The molecule has 0 amide bonds. The van der Waals surface area contributed by atoms with Crippen molar-refractivity contribution in [2.24, 2.45) is 5.92 Å². The van der Waals surface area contributed by atoms with E-state index in [0.717, 1.165) is 30.8 Å². The van der Waals surface area contributed by atoms with Gasteiger partial charge < -0.3 is 5.32 Å². The van der Waals surface area contributed by atoms with Crippen molar-refractivity contribution < 1.29 is 8.42 Å². The van der Waals surface area contributed by atoms with Crippen LogP contribution < -0.4 is 5.32 Å². The third-order valence-electron chi connectivity index (χ3n) is 2.97. The second kappa shape index (κ2) is 5.46. The molecule has 1 N–H and O–H groups in total. The zero-order chi connectivity index (χ0) is 12.3. The number of aromatic nitrogens is 1. The molecular formula is C11H18N2O2S2. The second-order valence-corrected chi connectivity index (χ2v) is 8.01. The van der Waals surface area contributed by atoms with Gasteiger partial charge in [0.05, 0.1) is 16.5 Å². The highest BCUT2D eigenvalue weighted by Gasteiger charge is 2.25. The highest BCUT2D eigenvalue weighted by molar-refractivity contribution is 7.91. The van der Waals surface area contributed by atoms with Gasteiger partial charge in [0.15, 0.2) is 9.84 Å². The molecule has 0 aromatic carbocycles. The molecule has 1 saturated heterocycles. The number of nitrogens with zero attached hydrogens (tertiary/aromatic N) is 1. The average Bonchev–Trinajstić information content (AvgIpc) is 2.64. The molecule has 0 bridgehead atoms. The molecular weight excluding hydrogens is 256 g/mol. The average molecular weight is 274 g/mol. The Bertz CT molecular complexity index is 468. The van der Waals surface area contributed by atoms with Crippen molar-refractivity contribution in [2.45, 2.75) is 25.8 Å². The lowest BCUT2D eigenvalue weighted by Crippen LogP contribution is -2.26. The summed E-state index contributed by atoms with van der Waals surface area (Å²) in [4.78, 5) is 5.57. The molecule has 1 fully saturated rings. The first-order valence-electron chi connectivity index (χ1n) is 5.87. The van der Waals surface area contributed by atoms with Crippen LogP contribution in [0.2, 0.25) is 0 Å². The predicted octanol–water partition coefficient (Wildman–Crippen LogP) is 1.23. The Kier molecular flexibility index (Phi) is 4.17. The fourth-order valence-electron chi connectivity index (χ4n) is 2.22. The van der Waals surface area contributed by atoms with Crippen molar-refractivity contribution in [3.05, 3.63) is 16.1 Å². The number of hydrogen-bond acceptors (Lipinski definition) is 5. The molecule has 2 rings (SSSR count). The summed E-state index contributed by atoms with van der Waals surface area (Å²) in [5.41, 5.74) is 0. The molecule has 1 aromatic heterocycles. The van der Waals surface area contributed by atoms with E-state index in [-0.39, 0.29) is 5.92 Å². The lowest BCUT2D eigenvalue weighted by atomic mass is 10.0. The fourth-order valence-corrected chi connectivity index (χ4v) is 5.05. The summed E-state index contributed by atoms with van der Waals surface area (Å²) in [5.74, 6) is 0.975. The molecule has 2 heterocycles. The van der Waals surface area contributed by atoms with E-state index in [9.17, 15) is 8.42 Å². The normalized spacial score (nSPS) is 23.7. The molecule has 0 spiro atoms. The molecule has 0 aliphatic carbocycles. The first kappa shape index (κ1) is 13.0. The van der Waals surface area contributed by atoms with Gasteiger partial charge in [-0.15, -0.1) is 11.3 Å². The van der Waals surface area contributed by atoms with E-state index in [2.05, 4.69) is 10.3 Å². The quantitative estimate of drug-likeness (QED) is 0.897. The van der Waals surface area contributed by atoms with Crippen molar-refractivity contribution in [2.75, 3.05) is 18.6 Å². The predicted molar refractivity (Wildman–Crippen MR) is 70.0 cm³/mol. The third-order valence-corrected chi connectivity index (χ3v) is 5.88. The van der Waals surface area contributed by atoms with Crippen LogP contribution >= 0.6 is 11.3 Å². The first-order chi connectivity index (χ1) is 8.09. The molecule has 6 heteroatoms. The van der Waals surface area contributed by atoms with Crippen LogP contribution in [0.5, 0.6) is 0 Å². The van der Waals surface area contributed by atoms with Crippen LogP contribution in [0.25, 0.3) is 0 Å². The Hall–Kier alpha value is -0.460. The van der Waals surface area contributed by atoms with E-state index >= 15 is 0 Å². The Balaban J connectivity index is 1.95. The molecule has 96 valence electrons. The van der Waals surface area contributed by atoms with Crippen LogP contribution in [0.4, 0.5) is 0 Å². The molecule has 1 aliphatic rings. The summed E-state index contributed by atoms with van der Waals surface area (Å²) in [7, 11) is -0.881. The highest BCUT2D eigenvalue weighted by atomic mass is 32.2. The maximum Gasteiger partial charge on any atom is 0.150 e. The third kappa shape index (κ3) is 3.76. The van der Waals surface area contributed by atoms with Gasteiger partial charge >= 0.3 is 0 Å². The van der Waals surface area contributed by atoms with E-state index < -0.39 is 9.84 Å². The summed E-state index contributed by atoms with van der Waals surface area (Å²) >= 11 is 1.68. The summed E-state index contributed by atoms with van der Waals surface area (Å²) in [6.45, 7) is 0.834. The van der Waals surface area contributed by atoms with E-state index in [4.69, 9.17) is 0 Å². The van der Waals surface area contributed by atoms with Crippen molar-refractivity contribution in [1.82, 2.24) is 10.3 Å². The van der Waals surface area contributed by atoms with E-state index in [1.54, 1.807) is 11.3 Å². The van der Waals surface area contributed by atoms with Gasteiger partial charge in [-0.05, 0) is 25.8 Å². The molecule has 1 atom stereocenters. The Morgan fingerprint density at radius 3 is 3.12 bits per heavy atom. The van der Waals surface area contributed by atoms with E-state index in [1.165, 1.54) is 4.88 Å².